The largest absolute Gasteiger partial charge is 0.344 e. The van der Waals surface area contributed by atoms with E-state index in [4.69, 9.17) is 0 Å². The molecule has 10 heteroatoms. The molecule has 1 aromatic carbocycles. The number of rotatable bonds is 5. The zero-order valence-corrected chi connectivity index (χ0v) is 20.3. The number of urea groups is 1. The number of carbonyl (C=O) groups is 2. The topological polar surface area (TPSA) is 93.7 Å². The average Bonchev–Trinajstić information content (AvgIpc) is 3.57. The van der Waals surface area contributed by atoms with Gasteiger partial charge in [0.15, 0.2) is 0 Å². The number of nitrogens with one attached hydrogen (secondary N) is 2. The summed E-state index contributed by atoms with van der Waals surface area (Å²) in [4.78, 5) is 31.7. The number of anilines is 2. The first-order chi connectivity index (χ1) is 16.7. The Balaban J connectivity index is 1.06. The summed E-state index contributed by atoms with van der Waals surface area (Å²) in [5.74, 6) is 0.140. The summed E-state index contributed by atoms with van der Waals surface area (Å²) >= 11 is 1.43. The minimum atomic E-state index is -0.184. The predicted molar refractivity (Wildman–Crippen MR) is 133 cm³/mol. The summed E-state index contributed by atoms with van der Waals surface area (Å²) in [5, 5.41) is 15.7. The van der Waals surface area contributed by atoms with Crippen LogP contribution in [0.25, 0.3) is 0 Å². The molecule has 3 amide bonds. The van der Waals surface area contributed by atoms with Crippen molar-refractivity contribution < 1.29 is 9.59 Å². The zero-order valence-electron chi connectivity index (χ0n) is 19.5. The lowest BCUT2D eigenvalue weighted by molar-refractivity contribution is 0.0611. The number of amides is 3. The fraction of sp³-hybridized carbons (Fsp3) is 0.583. The molecule has 2 aliphatic heterocycles. The van der Waals surface area contributed by atoms with E-state index in [1.165, 1.54) is 24.2 Å². The third-order valence-corrected chi connectivity index (χ3v) is 8.10. The molecule has 2 saturated heterocycles. The number of likely N-dealkylation sites (tertiary alicyclic amines) is 1. The summed E-state index contributed by atoms with van der Waals surface area (Å²) in [6, 6.07) is 10.2. The molecule has 0 unspecified atom stereocenters. The van der Waals surface area contributed by atoms with E-state index in [2.05, 4.69) is 30.6 Å². The molecule has 2 N–H and O–H groups in total. The summed E-state index contributed by atoms with van der Waals surface area (Å²) in [5.41, 5.74) is 0.775. The molecule has 3 aliphatic rings. The molecule has 9 nitrogen and oxygen atoms in total. The van der Waals surface area contributed by atoms with Crippen LogP contribution in [0.4, 0.5) is 15.1 Å². The normalized spacial score (nSPS) is 20.5. The van der Waals surface area contributed by atoms with Crippen LogP contribution in [0, 0.1) is 0 Å². The van der Waals surface area contributed by atoms with Crippen LogP contribution in [0.15, 0.2) is 30.3 Å². The number of piperazine rings is 1. The van der Waals surface area contributed by atoms with Gasteiger partial charge in [0.05, 0.1) is 0 Å². The fourth-order valence-corrected chi connectivity index (χ4v) is 6.05. The highest BCUT2D eigenvalue weighted by Crippen LogP contribution is 2.27. The van der Waals surface area contributed by atoms with Gasteiger partial charge in [0.1, 0.15) is 0 Å². The summed E-state index contributed by atoms with van der Waals surface area (Å²) < 4.78 is 0. The second kappa shape index (κ2) is 10.7. The van der Waals surface area contributed by atoms with Crippen molar-refractivity contribution in [3.05, 3.63) is 35.9 Å². The quantitative estimate of drug-likeness (QED) is 0.679. The van der Waals surface area contributed by atoms with Gasteiger partial charge in [0.25, 0.3) is 5.91 Å². The van der Waals surface area contributed by atoms with Crippen molar-refractivity contribution in [1.82, 2.24) is 25.3 Å². The minimum absolute atomic E-state index is 0.140. The predicted octanol–water partition coefficient (Wildman–Crippen LogP) is 3.03. The molecule has 182 valence electrons. The van der Waals surface area contributed by atoms with Crippen LogP contribution in [0.2, 0.25) is 0 Å². The molecule has 5 rings (SSSR count). The maximum atomic E-state index is 12.7. The standard InChI is InChI=1S/C24H33N7O2S/c32-21(18-6-2-1-3-7-18)30-12-10-20(11-13-30)29-14-16-31(17-15-29)24-28-27-23(34-24)26-22(33)25-19-8-4-5-9-19/h1-3,6-7,19-20H,4-5,8-17H2,(H2,25,26,27,33). The van der Waals surface area contributed by atoms with Gasteiger partial charge in [-0.05, 0) is 37.8 Å². The van der Waals surface area contributed by atoms with Gasteiger partial charge < -0.3 is 15.1 Å². The van der Waals surface area contributed by atoms with Gasteiger partial charge >= 0.3 is 6.03 Å². The molecule has 3 heterocycles. The summed E-state index contributed by atoms with van der Waals surface area (Å²) in [6.45, 7) is 5.36. The number of aromatic nitrogens is 2. The third kappa shape index (κ3) is 5.50. The van der Waals surface area contributed by atoms with E-state index >= 15 is 0 Å². The molecule has 0 bridgehead atoms. The first-order valence-corrected chi connectivity index (χ1v) is 13.2. The van der Waals surface area contributed by atoms with Crippen molar-refractivity contribution in [2.24, 2.45) is 0 Å². The molecule has 3 fully saturated rings. The van der Waals surface area contributed by atoms with Gasteiger partial charge in [-0.3, -0.25) is 15.0 Å². The lowest BCUT2D eigenvalue weighted by Crippen LogP contribution is -2.53. The van der Waals surface area contributed by atoms with Crippen LogP contribution in [-0.4, -0.2) is 83.3 Å². The van der Waals surface area contributed by atoms with E-state index in [1.807, 2.05) is 35.2 Å². The van der Waals surface area contributed by atoms with E-state index in [0.717, 1.165) is 75.6 Å². The SMILES string of the molecule is O=C(Nc1nnc(N2CCN(C3CCN(C(=O)c4ccccc4)CC3)CC2)s1)NC1CCCC1. The lowest BCUT2D eigenvalue weighted by atomic mass is 10.0. The molecular formula is C24H33N7O2S. The minimum Gasteiger partial charge on any atom is -0.344 e. The molecule has 1 aromatic heterocycles. The Kier molecular flexibility index (Phi) is 7.24. The number of nitrogens with zero attached hydrogens (tertiary/aromatic N) is 5. The maximum Gasteiger partial charge on any atom is 0.321 e. The second-order valence-corrected chi connectivity index (χ2v) is 10.3. The number of hydrogen-bond acceptors (Lipinski definition) is 7. The van der Waals surface area contributed by atoms with Crippen molar-refractivity contribution in [3.8, 4) is 0 Å². The number of piperidine rings is 1. The van der Waals surface area contributed by atoms with Crippen LogP contribution < -0.4 is 15.5 Å². The zero-order chi connectivity index (χ0) is 23.3. The van der Waals surface area contributed by atoms with Crippen LogP contribution in [0.5, 0.6) is 0 Å². The molecule has 1 saturated carbocycles. The third-order valence-electron chi connectivity index (χ3n) is 7.20. The number of benzene rings is 1. The van der Waals surface area contributed by atoms with Gasteiger partial charge in [0.2, 0.25) is 10.3 Å². The van der Waals surface area contributed by atoms with E-state index in [0.29, 0.717) is 11.2 Å². The van der Waals surface area contributed by atoms with E-state index < -0.39 is 0 Å². The number of hydrogen-bond donors (Lipinski definition) is 2. The Hall–Kier alpha value is -2.72. The lowest BCUT2D eigenvalue weighted by Gasteiger charge is -2.42. The van der Waals surface area contributed by atoms with Crippen LogP contribution in [0.1, 0.15) is 48.9 Å². The molecule has 34 heavy (non-hydrogen) atoms. The van der Waals surface area contributed by atoms with E-state index in [-0.39, 0.29) is 18.0 Å². The molecular weight excluding hydrogens is 450 g/mol. The Bertz CT molecular complexity index is 963. The Labute approximate surface area is 204 Å². The Morgan fingerprint density at radius 3 is 2.29 bits per heavy atom. The summed E-state index contributed by atoms with van der Waals surface area (Å²) in [6.07, 6.45) is 6.52. The van der Waals surface area contributed by atoms with E-state index in [1.54, 1.807) is 0 Å². The Morgan fingerprint density at radius 2 is 1.59 bits per heavy atom. The van der Waals surface area contributed by atoms with Gasteiger partial charge in [-0.2, -0.15) is 0 Å². The van der Waals surface area contributed by atoms with Crippen molar-refractivity contribution in [2.75, 3.05) is 49.5 Å². The van der Waals surface area contributed by atoms with Crippen molar-refractivity contribution in [2.45, 2.75) is 50.6 Å². The van der Waals surface area contributed by atoms with Gasteiger partial charge in [0, 0.05) is 56.9 Å². The van der Waals surface area contributed by atoms with Crippen LogP contribution in [-0.2, 0) is 0 Å². The van der Waals surface area contributed by atoms with Gasteiger partial charge in [-0.15, -0.1) is 10.2 Å². The molecule has 0 radical (unpaired) electrons. The van der Waals surface area contributed by atoms with Crippen LogP contribution >= 0.6 is 11.3 Å². The number of carbonyl (C=O) groups excluding carboxylic acids is 2. The monoisotopic (exact) mass is 483 g/mol. The molecule has 0 atom stereocenters. The molecule has 0 spiro atoms. The van der Waals surface area contributed by atoms with Crippen molar-refractivity contribution >= 4 is 33.5 Å². The first kappa shape index (κ1) is 23.0. The Morgan fingerprint density at radius 1 is 0.882 bits per heavy atom. The van der Waals surface area contributed by atoms with Crippen molar-refractivity contribution in [3.63, 3.8) is 0 Å². The molecule has 2 aromatic rings. The van der Waals surface area contributed by atoms with Gasteiger partial charge in [-0.1, -0.05) is 42.4 Å². The molecule has 1 aliphatic carbocycles. The maximum absolute atomic E-state index is 12.7. The summed E-state index contributed by atoms with van der Waals surface area (Å²) in [7, 11) is 0. The highest BCUT2D eigenvalue weighted by molar-refractivity contribution is 7.19. The van der Waals surface area contributed by atoms with Gasteiger partial charge in [-0.25, -0.2) is 4.79 Å². The highest BCUT2D eigenvalue weighted by Gasteiger charge is 2.30. The van der Waals surface area contributed by atoms with Crippen molar-refractivity contribution in [1.29, 1.82) is 0 Å². The average molecular weight is 484 g/mol. The second-order valence-electron chi connectivity index (χ2n) is 9.38. The highest BCUT2D eigenvalue weighted by atomic mass is 32.1. The first-order valence-electron chi connectivity index (χ1n) is 12.4. The smallest absolute Gasteiger partial charge is 0.321 e. The van der Waals surface area contributed by atoms with Crippen LogP contribution in [0.3, 0.4) is 0 Å². The van der Waals surface area contributed by atoms with E-state index in [9.17, 15) is 9.59 Å². The fourth-order valence-electron chi connectivity index (χ4n) is 5.26.